The van der Waals surface area contributed by atoms with Crippen LogP contribution in [0, 0.1) is 13.8 Å². The van der Waals surface area contributed by atoms with E-state index in [4.69, 9.17) is 4.74 Å². The van der Waals surface area contributed by atoms with Crippen LogP contribution in [0.15, 0.2) is 6.07 Å². The van der Waals surface area contributed by atoms with Crippen molar-refractivity contribution in [1.82, 2.24) is 24.9 Å². The highest BCUT2D eigenvalue weighted by molar-refractivity contribution is 5.40. The Morgan fingerprint density at radius 2 is 2.21 bits per heavy atom. The molecule has 19 heavy (non-hydrogen) atoms. The molecule has 0 aromatic carbocycles. The zero-order valence-corrected chi connectivity index (χ0v) is 11.6. The number of aryl methyl sites for hydroxylation is 2. The summed E-state index contributed by atoms with van der Waals surface area (Å²) < 4.78 is 7.63. The molecule has 1 fully saturated rings. The van der Waals surface area contributed by atoms with Gasteiger partial charge >= 0.3 is 0 Å². The highest BCUT2D eigenvalue weighted by Gasteiger charge is 2.33. The molecular weight excluding hydrogens is 242 g/mol. The maximum absolute atomic E-state index is 5.59. The molecule has 2 aromatic heterocycles. The average Bonchev–Trinajstić information content (AvgIpc) is 2.95. The number of nitrogens with zero attached hydrogens (tertiary/aromatic N) is 4. The molecule has 1 saturated heterocycles. The summed E-state index contributed by atoms with van der Waals surface area (Å²) in [6, 6.07) is 2.26. The van der Waals surface area contributed by atoms with Crippen molar-refractivity contribution in [1.29, 1.82) is 0 Å². The number of rotatable bonds is 3. The Bertz CT molecular complexity index is 594. The summed E-state index contributed by atoms with van der Waals surface area (Å²) >= 11 is 0. The third-order valence-electron chi connectivity index (χ3n) is 3.59. The van der Waals surface area contributed by atoms with Crippen molar-refractivity contribution in [2.24, 2.45) is 0 Å². The molecule has 0 amide bonds. The van der Waals surface area contributed by atoms with E-state index in [0.717, 1.165) is 36.1 Å². The second-order valence-electron chi connectivity index (χ2n) is 5.00. The predicted octanol–water partition coefficient (Wildman–Crippen LogP) is 0.833. The van der Waals surface area contributed by atoms with E-state index in [0.29, 0.717) is 12.6 Å². The highest BCUT2D eigenvalue weighted by Crippen LogP contribution is 2.25. The number of nitrogens with one attached hydrogen (secondary N) is 1. The molecule has 0 bridgehead atoms. The summed E-state index contributed by atoms with van der Waals surface area (Å²) in [5, 5.41) is 12.1. The van der Waals surface area contributed by atoms with Gasteiger partial charge in [0.15, 0.2) is 5.65 Å². The van der Waals surface area contributed by atoms with Crippen molar-refractivity contribution < 1.29 is 4.74 Å². The van der Waals surface area contributed by atoms with Gasteiger partial charge in [-0.3, -0.25) is 4.40 Å². The van der Waals surface area contributed by atoms with Crippen molar-refractivity contribution in [2.75, 3.05) is 19.8 Å². The molecule has 2 aromatic rings. The summed E-state index contributed by atoms with van der Waals surface area (Å²) in [6.45, 7) is 8.41. The topological polar surface area (TPSA) is 64.3 Å². The van der Waals surface area contributed by atoms with Crippen molar-refractivity contribution in [3.8, 4) is 0 Å². The molecule has 102 valence electrons. The van der Waals surface area contributed by atoms with E-state index in [2.05, 4.69) is 27.4 Å². The predicted molar refractivity (Wildman–Crippen MR) is 71.3 cm³/mol. The van der Waals surface area contributed by atoms with Gasteiger partial charge in [-0.05, 0) is 20.4 Å². The summed E-state index contributed by atoms with van der Waals surface area (Å²) in [7, 11) is 0. The molecule has 2 atom stereocenters. The molecule has 6 heteroatoms. The van der Waals surface area contributed by atoms with Crippen LogP contribution >= 0.6 is 0 Å². The van der Waals surface area contributed by atoms with Crippen LogP contribution < -0.4 is 5.32 Å². The fourth-order valence-electron chi connectivity index (χ4n) is 2.77. The van der Waals surface area contributed by atoms with Crippen molar-refractivity contribution in [3.63, 3.8) is 0 Å². The third kappa shape index (κ3) is 2.11. The summed E-state index contributed by atoms with van der Waals surface area (Å²) in [5.74, 6) is 2.11. The number of aromatic nitrogens is 4. The molecule has 0 spiro atoms. The quantitative estimate of drug-likeness (QED) is 0.886. The first-order valence-corrected chi connectivity index (χ1v) is 6.71. The molecule has 3 rings (SSSR count). The lowest BCUT2D eigenvalue weighted by molar-refractivity contribution is 0.187. The smallest absolute Gasteiger partial charge is 0.164 e. The SMILES string of the molecule is CCNC1COCC1c1nnc2cc(C)nc(C)n12. The van der Waals surface area contributed by atoms with Crippen LogP contribution in [-0.2, 0) is 4.74 Å². The second kappa shape index (κ2) is 4.86. The monoisotopic (exact) mass is 261 g/mol. The lowest BCUT2D eigenvalue weighted by atomic mass is 10.0. The Hall–Kier alpha value is -1.53. The van der Waals surface area contributed by atoms with Gasteiger partial charge in [0.2, 0.25) is 0 Å². The Labute approximate surface area is 112 Å². The molecule has 3 heterocycles. The van der Waals surface area contributed by atoms with Crippen LogP contribution in [-0.4, -0.2) is 45.4 Å². The minimum atomic E-state index is 0.234. The van der Waals surface area contributed by atoms with E-state index in [1.54, 1.807) is 0 Å². The Morgan fingerprint density at radius 1 is 1.37 bits per heavy atom. The Kier molecular flexibility index (Phi) is 3.20. The number of hydrogen-bond donors (Lipinski definition) is 1. The minimum Gasteiger partial charge on any atom is -0.379 e. The first-order valence-electron chi connectivity index (χ1n) is 6.71. The molecule has 6 nitrogen and oxygen atoms in total. The zero-order chi connectivity index (χ0) is 13.4. The molecule has 1 aliphatic heterocycles. The zero-order valence-electron chi connectivity index (χ0n) is 11.6. The number of likely N-dealkylation sites (N-methyl/N-ethyl adjacent to an activating group) is 1. The van der Waals surface area contributed by atoms with Gasteiger partial charge < -0.3 is 10.1 Å². The van der Waals surface area contributed by atoms with E-state index in [1.165, 1.54) is 0 Å². The van der Waals surface area contributed by atoms with Crippen LogP contribution in [0.25, 0.3) is 5.65 Å². The van der Waals surface area contributed by atoms with Crippen LogP contribution in [0.3, 0.4) is 0 Å². The van der Waals surface area contributed by atoms with Gasteiger partial charge in [0.05, 0.1) is 19.1 Å². The normalized spacial score (nSPS) is 23.3. The van der Waals surface area contributed by atoms with E-state index >= 15 is 0 Å². The fraction of sp³-hybridized carbons (Fsp3) is 0.615. The van der Waals surface area contributed by atoms with Crippen molar-refractivity contribution in [3.05, 3.63) is 23.4 Å². The van der Waals surface area contributed by atoms with Gasteiger partial charge in [0.25, 0.3) is 0 Å². The maximum atomic E-state index is 5.59. The lowest BCUT2D eigenvalue weighted by Crippen LogP contribution is -2.35. The largest absolute Gasteiger partial charge is 0.379 e. The summed E-state index contributed by atoms with van der Waals surface area (Å²) in [5.41, 5.74) is 1.83. The van der Waals surface area contributed by atoms with E-state index < -0.39 is 0 Å². The molecule has 0 saturated carbocycles. The third-order valence-corrected chi connectivity index (χ3v) is 3.59. The first kappa shape index (κ1) is 12.5. The second-order valence-corrected chi connectivity index (χ2v) is 5.00. The standard InChI is InChI=1S/C13H19N5O/c1-4-14-11-7-19-6-10(11)13-17-16-12-5-8(2)15-9(3)18(12)13/h5,10-11,14H,4,6-7H2,1-3H3. The Morgan fingerprint density at radius 3 is 3.00 bits per heavy atom. The molecule has 1 N–H and O–H groups in total. The number of ether oxygens (including phenoxy) is 1. The fourth-order valence-corrected chi connectivity index (χ4v) is 2.77. The molecule has 0 radical (unpaired) electrons. The Balaban J connectivity index is 2.05. The van der Waals surface area contributed by atoms with Crippen LogP contribution in [0.1, 0.15) is 30.2 Å². The lowest BCUT2D eigenvalue weighted by Gasteiger charge is -2.17. The van der Waals surface area contributed by atoms with Gasteiger partial charge in [-0.1, -0.05) is 6.92 Å². The summed E-state index contributed by atoms with van der Waals surface area (Å²) in [4.78, 5) is 4.50. The van der Waals surface area contributed by atoms with Gasteiger partial charge in [-0.2, -0.15) is 0 Å². The van der Waals surface area contributed by atoms with Crippen molar-refractivity contribution in [2.45, 2.75) is 32.7 Å². The van der Waals surface area contributed by atoms with E-state index in [-0.39, 0.29) is 5.92 Å². The van der Waals surface area contributed by atoms with Gasteiger partial charge in [0.1, 0.15) is 11.6 Å². The highest BCUT2D eigenvalue weighted by atomic mass is 16.5. The van der Waals surface area contributed by atoms with Crippen LogP contribution in [0.5, 0.6) is 0 Å². The van der Waals surface area contributed by atoms with Gasteiger partial charge in [0, 0.05) is 17.8 Å². The molecule has 0 aliphatic carbocycles. The average molecular weight is 261 g/mol. The van der Waals surface area contributed by atoms with E-state index in [9.17, 15) is 0 Å². The first-order chi connectivity index (χ1) is 9.20. The van der Waals surface area contributed by atoms with Gasteiger partial charge in [-0.15, -0.1) is 10.2 Å². The molecular formula is C13H19N5O. The molecule has 2 unspecified atom stereocenters. The van der Waals surface area contributed by atoms with Gasteiger partial charge in [-0.25, -0.2) is 4.98 Å². The van der Waals surface area contributed by atoms with E-state index in [1.807, 2.05) is 24.3 Å². The number of fused-ring (bicyclic) bond motifs is 1. The molecule has 1 aliphatic rings. The minimum absolute atomic E-state index is 0.234. The van der Waals surface area contributed by atoms with Crippen molar-refractivity contribution >= 4 is 5.65 Å². The number of hydrogen-bond acceptors (Lipinski definition) is 5. The van der Waals surface area contributed by atoms with Crippen LogP contribution in [0.4, 0.5) is 0 Å². The summed E-state index contributed by atoms with van der Waals surface area (Å²) in [6.07, 6.45) is 0. The van der Waals surface area contributed by atoms with Crippen LogP contribution in [0.2, 0.25) is 0 Å². The maximum Gasteiger partial charge on any atom is 0.164 e.